The summed E-state index contributed by atoms with van der Waals surface area (Å²) in [5, 5.41) is 0. The van der Waals surface area contributed by atoms with Crippen LogP contribution in [0.3, 0.4) is 0 Å². The minimum absolute atomic E-state index is 0.00423. The third-order valence-electron chi connectivity index (χ3n) is 4.40. The molecule has 1 aliphatic heterocycles. The summed E-state index contributed by atoms with van der Waals surface area (Å²) >= 11 is 0. The van der Waals surface area contributed by atoms with Crippen LogP contribution in [0.5, 0.6) is 0 Å². The van der Waals surface area contributed by atoms with E-state index in [0.29, 0.717) is 39.0 Å². The van der Waals surface area contributed by atoms with Crippen molar-refractivity contribution in [2.75, 3.05) is 26.2 Å². The topological polar surface area (TPSA) is 73.5 Å². The molecule has 0 saturated carbocycles. The van der Waals surface area contributed by atoms with Crippen molar-refractivity contribution in [3.63, 3.8) is 0 Å². The minimum atomic E-state index is -3.37. The summed E-state index contributed by atoms with van der Waals surface area (Å²) in [6.45, 7) is 1.84. The monoisotopic (exact) mass is 361 g/mol. The van der Waals surface area contributed by atoms with Gasteiger partial charge < -0.3 is 9.88 Å². The van der Waals surface area contributed by atoms with E-state index in [2.05, 4.69) is 4.98 Å². The number of aromatic nitrogens is 1. The third-order valence-corrected chi connectivity index (χ3v) is 6.25. The molecule has 1 fully saturated rings. The van der Waals surface area contributed by atoms with E-state index in [1.54, 1.807) is 11.1 Å². The zero-order valence-electron chi connectivity index (χ0n) is 14.1. The lowest BCUT2D eigenvalue weighted by atomic mass is 10.2. The number of carbonyl (C=O) groups excluding carboxylic acids is 1. The van der Waals surface area contributed by atoms with Gasteiger partial charge in [0.05, 0.1) is 12.2 Å². The predicted octanol–water partition coefficient (Wildman–Crippen LogP) is 1.62. The van der Waals surface area contributed by atoms with Gasteiger partial charge in [0.25, 0.3) is 0 Å². The summed E-state index contributed by atoms with van der Waals surface area (Å²) in [5.74, 6) is 0.0364. The van der Waals surface area contributed by atoms with Crippen molar-refractivity contribution in [3.05, 3.63) is 59.9 Å². The summed E-state index contributed by atoms with van der Waals surface area (Å²) in [7, 11) is -3.37. The Morgan fingerprint density at radius 1 is 1.00 bits per heavy atom. The Balaban J connectivity index is 1.60. The van der Waals surface area contributed by atoms with E-state index in [4.69, 9.17) is 0 Å². The van der Waals surface area contributed by atoms with E-state index in [1.165, 1.54) is 4.31 Å². The van der Waals surface area contributed by atoms with Crippen molar-refractivity contribution in [1.82, 2.24) is 14.2 Å². The Kier molecular flexibility index (Phi) is 5.55. The number of rotatable bonds is 5. The predicted molar refractivity (Wildman–Crippen MR) is 96.3 cm³/mol. The van der Waals surface area contributed by atoms with Crippen LogP contribution in [0, 0.1) is 0 Å². The van der Waals surface area contributed by atoms with E-state index < -0.39 is 10.0 Å². The van der Waals surface area contributed by atoms with E-state index in [9.17, 15) is 13.2 Å². The zero-order chi connectivity index (χ0) is 17.7. The normalized spacial score (nSPS) is 16.6. The molecule has 25 heavy (non-hydrogen) atoms. The smallest absolute Gasteiger partial charge is 0.228 e. The fourth-order valence-corrected chi connectivity index (χ4v) is 4.61. The van der Waals surface area contributed by atoms with Gasteiger partial charge in [-0.2, -0.15) is 4.31 Å². The van der Waals surface area contributed by atoms with Gasteiger partial charge >= 0.3 is 0 Å². The molecule has 3 rings (SSSR count). The van der Waals surface area contributed by atoms with Gasteiger partial charge in [-0.25, -0.2) is 8.42 Å². The maximum atomic E-state index is 12.7. The Morgan fingerprint density at radius 3 is 2.52 bits per heavy atom. The summed E-state index contributed by atoms with van der Waals surface area (Å²) in [6.07, 6.45) is 2.77. The molecule has 2 heterocycles. The van der Waals surface area contributed by atoms with Crippen LogP contribution in [-0.2, 0) is 27.0 Å². The van der Waals surface area contributed by atoms with Crippen LogP contribution < -0.4 is 0 Å². The molecule has 1 aliphatic rings. The summed E-state index contributed by atoms with van der Waals surface area (Å²) in [6, 6.07) is 12.9. The fourth-order valence-electron chi connectivity index (χ4n) is 3.05. The van der Waals surface area contributed by atoms with E-state index in [0.717, 1.165) is 11.3 Å². The lowest BCUT2D eigenvalue weighted by Crippen LogP contribution is -2.38. The molecule has 0 spiro atoms. The van der Waals surface area contributed by atoms with E-state index in [1.807, 2.05) is 42.5 Å². The minimum Gasteiger partial charge on any atom is -0.365 e. The Labute approximate surface area is 148 Å². The van der Waals surface area contributed by atoms with Gasteiger partial charge in [0, 0.05) is 38.1 Å². The lowest BCUT2D eigenvalue weighted by Gasteiger charge is -2.22. The molecule has 1 N–H and O–H groups in total. The number of hydrogen-bond donors (Lipinski definition) is 1. The van der Waals surface area contributed by atoms with Crippen molar-refractivity contribution in [2.24, 2.45) is 0 Å². The highest BCUT2D eigenvalue weighted by molar-refractivity contribution is 7.88. The molecule has 0 aliphatic carbocycles. The molecule has 1 saturated heterocycles. The Hall–Kier alpha value is -2.12. The van der Waals surface area contributed by atoms with Crippen LogP contribution in [-0.4, -0.2) is 54.7 Å². The number of nitrogens with one attached hydrogen (secondary N) is 1. The largest absolute Gasteiger partial charge is 0.365 e. The van der Waals surface area contributed by atoms with Crippen LogP contribution in [0.4, 0.5) is 0 Å². The Morgan fingerprint density at radius 2 is 1.80 bits per heavy atom. The van der Waals surface area contributed by atoms with Crippen LogP contribution in [0.15, 0.2) is 48.7 Å². The molecule has 0 atom stereocenters. The third kappa shape index (κ3) is 4.70. The molecule has 0 bridgehead atoms. The molecule has 1 amide bonds. The van der Waals surface area contributed by atoms with Gasteiger partial charge in [0.15, 0.2) is 0 Å². The number of carbonyl (C=O) groups is 1. The number of H-pyrrole nitrogens is 1. The summed E-state index contributed by atoms with van der Waals surface area (Å²) < 4.78 is 26.8. The second kappa shape index (κ2) is 7.84. The number of amides is 1. The van der Waals surface area contributed by atoms with Crippen molar-refractivity contribution in [2.45, 2.75) is 18.6 Å². The molecule has 134 valence electrons. The van der Waals surface area contributed by atoms with E-state index in [-0.39, 0.29) is 11.7 Å². The first-order valence-corrected chi connectivity index (χ1v) is 10.1. The van der Waals surface area contributed by atoms with Crippen molar-refractivity contribution < 1.29 is 13.2 Å². The van der Waals surface area contributed by atoms with Crippen LogP contribution >= 0.6 is 0 Å². The molecule has 7 heteroatoms. The lowest BCUT2D eigenvalue weighted by molar-refractivity contribution is -0.130. The van der Waals surface area contributed by atoms with Crippen molar-refractivity contribution in [3.8, 4) is 0 Å². The van der Waals surface area contributed by atoms with Gasteiger partial charge in [-0.1, -0.05) is 30.3 Å². The Bertz CT molecular complexity index is 788. The number of benzene rings is 1. The van der Waals surface area contributed by atoms with Gasteiger partial charge in [0.1, 0.15) is 0 Å². The van der Waals surface area contributed by atoms with Crippen molar-refractivity contribution >= 4 is 15.9 Å². The van der Waals surface area contributed by atoms with Crippen LogP contribution in [0.1, 0.15) is 17.7 Å². The first-order valence-electron chi connectivity index (χ1n) is 8.46. The number of aromatic amines is 1. The fraction of sp³-hybridized carbons (Fsp3) is 0.389. The zero-order valence-corrected chi connectivity index (χ0v) is 14.9. The number of hydrogen-bond acceptors (Lipinski definition) is 3. The van der Waals surface area contributed by atoms with Crippen LogP contribution in [0.2, 0.25) is 0 Å². The van der Waals surface area contributed by atoms with Gasteiger partial charge in [-0.15, -0.1) is 0 Å². The maximum Gasteiger partial charge on any atom is 0.228 e. The quantitative estimate of drug-likeness (QED) is 0.879. The molecule has 6 nitrogen and oxygen atoms in total. The molecule has 1 aromatic carbocycles. The molecule has 0 radical (unpaired) electrons. The van der Waals surface area contributed by atoms with E-state index >= 15 is 0 Å². The standard InChI is InChI=1S/C18H23N3O3S/c22-18(14-17-8-4-9-19-17)20-10-5-11-21(13-12-20)25(23,24)15-16-6-2-1-3-7-16/h1-4,6-9,19H,5,10-15H2. The van der Waals surface area contributed by atoms with Crippen molar-refractivity contribution in [1.29, 1.82) is 0 Å². The first kappa shape index (κ1) is 17.7. The molecule has 2 aromatic rings. The number of sulfonamides is 1. The van der Waals surface area contributed by atoms with Gasteiger partial charge in [0.2, 0.25) is 15.9 Å². The highest BCUT2D eigenvalue weighted by Gasteiger charge is 2.27. The van der Waals surface area contributed by atoms with Crippen LogP contribution in [0.25, 0.3) is 0 Å². The summed E-state index contributed by atoms with van der Waals surface area (Å²) in [5.41, 5.74) is 1.66. The highest BCUT2D eigenvalue weighted by atomic mass is 32.2. The van der Waals surface area contributed by atoms with Gasteiger partial charge in [-0.3, -0.25) is 4.79 Å². The number of nitrogens with zero attached hydrogens (tertiary/aromatic N) is 2. The molecule has 0 unspecified atom stereocenters. The van der Waals surface area contributed by atoms with Gasteiger partial charge in [-0.05, 0) is 24.1 Å². The molecule has 1 aromatic heterocycles. The highest BCUT2D eigenvalue weighted by Crippen LogP contribution is 2.14. The second-order valence-electron chi connectivity index (χ2n) is 6.25. The second-order valence-corrected chi connectivity index (χ2v) is 8.22. The molecular formula is C18H23N3O3S. The summed E-state index contributed by atoms with van der Waals surface area (Å²) in [4.78, 5) is 17.2. The first-order chi connectivity index (χ1) is 12.0. The SMILES string of the molecule is O=C(Cc1ccc[nH]1)N1CCCN(S(=O)(=O)Cc2ccccc2)CC1. The molecular weight excluding hydrogens is 338 g/mol. The average molecular weight is 361 g/mol. The maximum absolute atomic E-state index is 12.7. The average Bonchev–Trinajstić information content (AvgIpc) is 2.95.